The lowest BCUT2D eigenvalue weighted by molar-refractivity contribution is -0.122. The number of amides is 1. The Bertz CT molecular complexity index is 715. The lowest BCUT2D eigenvalue weighted by atomic mass is 9.94. The number of rotatable bonds is 9. The quantitative estimate of drug-likeness (QED) is 0.665. The van der Waals surface area contributed by atoms with Crippen LogP contribution in [0.1, 0.15) is 49.7 Å². The van der Waals surface area contributed by atoms with E-state index in [-0.39, 0.29) is 18.1 Å². The Balaban J connectivity index is 1.90. The zero-order valence-electron chi connectivity index (χ0n) is 16.5. The van der Waals surface area contributed by atoms with Crippen molar-refractivity contribution >= 4 is 15.7 Å². The summed E-state index contributed by atoms with van der Waals surface area (Å²) in [6, 6.07) is 7.93. The maximum Gasteiger partial charge on any atom is 0.237 e. The van der Waals surface area contributed by atoms with E-state index >= 15 is 0 Å². The second kappa shape index (κ2) is 10.2. The van der Waals surface area contributed by atoms with Crippen molar-refractivity contribution in [3.63, 3.8) is 0 Å². The Morgan fingerprint density at radius 1 is 1.22 bits per heavy atom. The average Bonchev–Trinajstić information content (AvgIpc) is 2.65. The van der Waals surface area contributed by atoms with E-state index in [0.29, 0.717) is 12.6 Å². The molecule has 1 aromatic carbocycles. The third kappa shape index (κ3) is 7.60. The first-order chi connectivity index (χ1) is 12.8. The van der Waals surface area contributed by atoms with E-state index in [4.69, 9.17) is 5.73 Å². The molecule has 27 heavy (non-hydrogen) atoms. The number of hydrogen-bond acceptors (Lipinski definition) is 5. The highest BCUT2D eigenvalue weighted by Crippen LogP contribution is 2.23. The number of carbonyl (C=O) groups is 1. The van der Waals surface area contributed by atoms with E-state index in [9.17, 15) is 13.2 Å². The molecule has 0 spiro atoms. The van der Waals surface area contributed by atoms with Crippen LogP contribution >= 0.6 is 0 Å². The van der Waals surface area contributed by atoms with Crippen molar-refractivity contribution < 1.29 is 13.2 Å². The van der Waals surface area contributed by atoms with Crippen molar-refractivity contribution in [1.82, 2.24) is 10.2 Å². The minimum Gasteiger partial charge on any atom is -0.351 e. The third-order valence-electron chi connectivity index (χ3n) is 5.33. The molecule has 1 aromatic rings. The fraction of sp³-hybridized carbons (Fsp3) is 0.650. The molecule has 1 fully saturated rings. The molecule has 1 saturated carbocycles. The monoisotopic (exact) mass is 395 g/mol. The van der Waals surface area contributed by atoms with Gasteiger partial charge in [-0.25, -0.2) is 8.42 Å². The summed E-state index contributed by atoms with van der Waals surface area (Å²) < 4.78 is 22.4. The van der Waals surface area contributed by atoms with E-state index in [1.54, 1.807) is 0 Å². The molecule has 1 amide bonds. The van der Waals surface area contributed by atoms with Crippen molar-refractivity contribution in [2.75, 3.05) is 19.1 Å². The molecule has 0 aromatic heterocycles. The SMILES string of the molecule is CN(Cc1ccccc1CNC(=O)C(N)CCS(C)(=O)=O)C1CCCCC1. The van der Waals surface area contributed by atoms with Gasteiger partial charge in [0.15, 0.2) is 0 Å². The van der Waals surface area contributed by atoms with Gasteiger partial charge in [0.2, 0.25) is 5.91 Å². The molecule has 6 nitrogen and oxygen atoms in total. The molecule has 0 heterocycles. The minimum absolute atomic E-state index is 0.0790. The third-order valence-corrected chi connectivity index (χ3v) is 6.30. The number of benzene rings is 1. The van der Waals surface area contributed by atoms with Gasteiger partial charge in [-0.15, -0.1) is 0 Å². The summed E-state index contributed by atoms with van der Waals surface area (Å²) in [7, 11) is -0.943. The van der Waals surface area contributed by atoms with Crippen LogP contribution in [0.3, 0.4) is 0 Å². The van der Waals surface area contributed by atoms with Crippen molar-refractivity contribution in [3.05, 3.63) is 35.4 Å². The Labute approximate surface area is 163 Å². The van der Waals surface area contributed by atoms with E-state index in [1.807, 2.05) is 18.2 Å². The molecule has 3 N–H and O–H groups in total. The molecule has 0 radical (unpaired) electrons. The number of nitrogens with one attached hydrogen (secondary N) is 1. The second-order valence-corrected chi connectivity index (χ2v) is 9.98. The summed E-state index contributed by atoms with van der Waals surface area (Å²) >= 11 is 0. The van der Waals surface area contributed by atoms with E-state index in [0.717, 1.165) is 18.4 Å². The number of carbonyl (C=O) groups excluding carboxylic acids is 1. The van der Waals surface area contributed by atoms with E-state index < -0.39 is 15.9 Å². The molecular formula is C20H33N3O3S. The lowest BCUT2D eigenvalue weighted by Crippen LogP contribution is -2.41. The summed E-state index contributed by atoms with van der Waals surface area (Å²) in [6.45, 7) is 1.26. The van der Waals surface area contributed by atoms with Crippen LogP contribution < -0.4 is 11.1 Å². The topological polar surface area (TPSA) is 92.5 Å². The maximum absolute atomic E-state index is 12.2. The molecule has 1 atom stereocenters. The van der Waals surface area contributed by atoms with Crippen LogP contribution in [0.5, 0.6) is 0 Å². The minimum atomic E-state index is -3.12. The first-order valence-electron chi connectivity index (χ1n) is 9.74. The highest BCUT2D eigenvalue weighted by Gasteiger charge is 2.19. The summed E-state index contributed by atoms with van der Waals surface area (Å²) in [5.41, 5.74) is 8.10. The molecule has 0 bridgehead atoms. The van der Waals surface area contributed by atoms with Crippen LogP contribution in [0.25, 0.3) is 0 Å². The van der Waals surface area contributed by atoms with Gasteiger partial charge in [-0.2, -0.15) is 0 Å². The van der Waals surface area contributed by atoms with Gasteiger partial charge in [0, 0.05) is 25.4 Å². The van der Waals surface area contributed by atoms with Gasteiger partial charge < -0.3 is 11.1 Å². The Kier molecular flexibility index (Phi) is 8.26. The van der Waals surface area contributed by atoms with Crippen LogP contribution in [0, 0.1) is 0 Å². The standard InChI is InChI=1S/C20H33N3O3S/c1-23(18-10-4-3-5-11-18)15-17-9-7-6-8-16(17)14-22-20(24)19(21)12-13-27(2,25)26/h6-9,18-19H,3-5,10-15,21H2,1-2H3,(H,22,24). The lowest BCUT2D eigenvalue weighted by Gasteiger charge is -2.31. The van der Waals surface area contributed by atoms with Crippen LogP contribution in [0.15, 0.2) is 24.3 Å². The van der Waals surface area contributed by atoms with Gasteiger partial charge in [-0.3, -0.25) is 9.69 Å². The highest BCUT2D eigenvalue weighted by molar-refractivity contribution is 7.90. The zero-order chi connectivity index (χ0) is 19.9. The molecule has 7 heteroatoms. The van der Waals surface area contributed by atoms with Gasteiger partial charge >= 0.3 is 0 Å². The van der Waals surface area contributed by atoms with Crippen molar-refractivity contribution in [2.45, 2.75) is 63.7 Å². The van der Waals surface area contributed by atoms with Crippen LogP contribution in [-0.2, 0) is 27.7 Å². The number of nitrogens with zero attached hydrogens (tertiary/aromatic N) is 1. The fourth-order valence-corrected chi connectivity index (χ4v) is 4.27. The van der Waals surface area contributed by atoms with E-state index in [2.05, 4.69) is 23.3 Å². The number of nitrogens with two attached hydrogens (primary N) is 1. The summed E-state index contributed by atoms with van der Waals surface area (Å²) in [6.07, 6.45) is 7.74. The first-order valence-corrected chi connectivity index (χ1v) is 11.8. The summed E-state index contributed by atoms with van der Waals surface area (Å²) in [5, 5.41) is 2.85. The average molecular weight is 396 g/mol. The van der Waals surface area contributed by atoms with Crippen LogP contribution in [-0.4, -0.2) is 50.4 Å². The summed E-state index contributed by atoms with van der Waals surface area (Å²) in [4.78, 5) is 14.6. The van der Waals surface area contributed by atoms with Crippen LogP contribution in [0.4, 0.5) is 0 Å². The predicted octanol–water partition coefficient (Wildman–Crippen LogP) is 1.83. The smallest absolute Gasteiger partial charge is 0.237 e. The first kappa shape index (κ1) is 21.9. The van der Waals surface area contributed by atoms with Gasteiger partial charge in [0.1, 0.15) is 9.84 Å². The Morgan fingerprint density at radius 2 is 1.85 bits per heavy atom. The van der Waals surface area contributed by atoms with Crippen LogP contribution in [0.2, 0.25) is 0 Å². The Morgan fingerprint density at radius 3 is 2.48 bits per heavy atom. The molecule has 0 aliphatic heterocycles. The van der Waals surface area contributed by atoms with Gasteiger partial charge in [0.05, 0.1) is 11.8 Å². The van der Waals surface area contributed by atoms with E-state index in [1.165, 1.54) is 37.7 Å². The molecule has 2 rings (SSSR count). The highest BCUT2D eigenvalue weighted by atomic mass is 32.2. The number of sulfone groups is 1. The van der Waals surface area contributed by atoms with Gasteiger partial charge in [-0.1, -0.05) is 43.5 Å². The molecule has 152 valence electrons. The fourth-order valence-electron chi connectivity index (χ4n) is 3.59. The number of hydrogen-bond donors (Lipinski definition) is 2. The zero-order valence-corrected chi connectivity index (χ0v) is 17.3. The normalized spacial score (nSPS) is 17.0. The van der Waals surface area contributed by atoms with Crippen molar-refractivity contribution in [1.29, 1.82) is 0 Å². The van der Waals surface area contributed by atoms with Gasteiger partial charge in [-0.05, 0) is 37.4 Å². The van der Waals surface area contributed by atoms with Gasteiger partial charge in [0.25, 0.3) is 0 Å². The molecule has 0 saturated heterocycles. The van der Waals surface area contributed by atoms with Crippen molar-refractivity contribution in [3.8, 4) is 0 Å². The summed E-state index contributed by atoms with van der Waals surface area (Å²) in [5.74, 6) is -0.390. The Hall–Kier alpha value is -1.44. The second-order valence-electron chi connectivity index (χ2n) is 7.72. The molecular weight excluding hydrogens is 362 g/mol. The molecule has 1 aliphatic rings. The van der Waals surface area contributed by atoms with Crippen molar-refractivity contribution in [2.24, 2.45) is 5.73 Å². The molecule has 1 aliphatic carbocycles. The predicted molar refractivity (Wildman–Crippen MR) is 109 cm³/mol. The molecule has 1 unspecified atom stereocenters. The largest absolute Gasteiger partial charge is 0.351 e. The maximum atomic E-state index is 12.2.